The van der Waals surface area contributed by atoms with Crippen LogP contribution in [0.4, 0.5) is 10.1 Å². The van der Waals surface area contributed by atoms with Gasteiger partial charge in [0.15, 0.2) is 0 Å². The number of hydrogen-bond acceptors (Lipinski definition) is 4. The number of halogens is 2. The van der Waals surface area contributed by atoms with Crippen LogP contribution in [-0.2, 0) is 32.6 Å². The Hall–Kier alpha value is -3.43. The molecule has 0 spiro atoms. The third-order valence-corrected chi connectivity index (χ3v) is 7.28. The van der Waals surface area contributed by atoms with Crippen molar-refractivity contribution in [2.75, 3.05) is 17.1 Å². The largest absolute Gasteiger partial charge is 0.350 e. The number of carbonyl (C=O) groups is 2. The molecule has 1 atom stereocenters. The van der Waals surface area contributed by atoms with E-state index >= 15 is 0 Å². The van der Waals surface area contributed by atoms with Crippen molar-refractivity contribution in [2.45, 2.75) is 45.3 Å². The molecule has 208 valence electrons. The maximum atomic E-state index is 14.0. The highest BCUT2D eigenvalue weighted by Gasteiger charge is 2.34. The van der Waals surface area contributed by atoms with Gasteiger partial charge < -0.3 is 10.2 Å². The van der Waals surface area contributed by atoms with E-state index in [0.717, 1.165) is 16.1 Å². The molecular weight excluding hydrogens is 541 g/mol. The molecule has 1 N–H and O–H groups in total. The summed E-state index contributed by atoms with van der Waals surface area (Å²) in [6.07, 6.45) is 1.17. The highest BCUT2D eigenvalue weighted by Crippen LogP contribution is 2.28. The number of para-hydroxylation sites is 1. The van der Waals surface area contributed by atoms with Crippen molar-refractivity contribution < 1.29 is 22.4 Å². The summed E-state index contributed by atoms with van der Waals surface area (Å²) in [5, 5.41) is 3.11. The second kappa shape index (κ2) is 12.6. The van der Waals surface area contributed by atoms with E-state index in [-0.39, 0.29) is 23.7 Å². The molecule has 0 bridgehead atoms. The number of sulfonamides is 1. The van der Waals surface area contributed by atoms with Crippen LogP contribution >= 0.6 is 11.6 Å². The molecule has 10 heteroatoms. The second-order valence-electron chi connectivity index (χ2n) is 10.3. The van der Waals surface area contributed by atoms with E-state index in [1.165, 1.54) is 41.3 Å². The number of nitrogens with zero attached hydrogens (tertiary/aromatic N) is 2. The average Bonchev–Trinajstić information content (AvgIpc) is 2.85. The molecule has 0 aliphatic carbocycles. The summed E-state index contributed by atoms with van der Waals surface area (Å²) in [5.41, 5.74) is 0.951. The molecule has 0 fully saturated rings. The lowest BCUT2D eigenvalue weighted by molar-refractivity contribution is -0.140. The number of amides is 2. The summed E-state index contributed by atoms with van der Waals surface area (Å²) in [6, 6.07) is 20.1. The molecular formula is C29H33ClFN3O4S. The van der Waals surface area contributed by atoms with Crippen molar-refractivity contribution in [1.29, 1.82) is 0 Å². The van der Waals surface area contributed by atoms with Crippen LogP contribution in [0.2, 0.25) is 5.02 Å². The van der Waals surface area contributed by atoms with Gasteiger partial charge in [-0.2, -0.15) is 0 Å². The fraction of sp³-hybridized carbons (Fsp3) is 0.310. The number of anilines is 1. The van der Waals surface area contributed by atoms with Crippen LogP contribution < -0.4 is 9.62 Å². The smallest absolute Gasteiger partial charge is 0.244 e. The van der Waals surface area contributed by atoms with Crippen LogP contribution in [0, 0.1) is 5.82 Å². The van der Waals surface area contributed by atoms with E-state index in [2.05, 4.69) is 5.32 Å². The minimum atomic E-state index is -3.93. The zero-order valence-corrected chi connectivity index (χ0v) is 24.0. The van der Waals surface area contributed by atoms with Crippen LogP contribution in [0.5, 0.6) is 0 Å². The molecule has 0 radical (unpaired) electrons. The fourth-order valence-electron chi connectivity index (χ4n) is 4.04. The highest BCUT2D eigenvalue weighted by atomic mass is 35.5. The van der Waals surface area contributed by atoms with Gasteiger partial charge in [0, 0.05) is 18.5 Å². The van der Waals surface area contributed by atoms with Crippen LogP contribution in [0.25, 0.3) is 0 Å². The van der Waals surface area contributed by atoms with Gasteiger partial charge in [0.2, 0.25) is 21.8 Å². The summed E-state index contributed by atoms with van der Waals surface area (Å²) >= 11 is 6.29. The van der Waals surface area contributed by atoms with Crippen molar-refractivity contribution in [3.63, 3.8) is 0 Å². The van der Waals surface area contributed by atoms with Gasteiger partial charge in [-0.3, -0.25) is 13.9 Å². The SMILES string of the molecule is CC(C)(C)NC(=O)[C@@H](Cc1ccccc1)N(Cc1ccc(F)cc1)C(=O)CN(c1ccccc1Cl)S(C)(=O)=O. The molecule has 3 rings (SSSR count). The summed E-state index contributed by atoms with van der Waals surface area (Å²) in [7, 11) is -3.93. The number of hydrogen-bond donors (Lipinski definition) is 1. The van der Waals surface area contributed by atoms with Crippen LogP contribution in [-0.4, -0.2) is 49.5 Å². The molecule has 0 aromatic heterocycles. The van der Waals surface area contributed by atoms with Crippen molar-refractivity contribution >= 4 is 39.1 Å². The maximum Gasteiger partial charge on any atom is 0.244 e. The predicted octanol–water partition coefficient (Wildman–Crippen LogP) is 4.80. The molecule has 3 aromatic carbocycles. The Morgan fingerprint density at radius 1 is 0.923 bits per heavy atom. The van der Waals surface area contributed by atoms with Gasteiger partial charge in [0.1, 0.15) is 18.4 Å². The fourth-order valence-corrected chi connectivity index (χ4v) is 5.19. The molecule has 0 saturated carbocycles. The zero-order valence-electron chi connectivity index (χ0n) is 22.4. The van der Waals surface area contributed by atoms with Gasteiger partial charge in [0.25, 0.3) is 0 Å². The highest BCUT2D eigenvalue weighted by molar-refractivity contribution is 7.92. The number of carbonyl (C=O) groups excluding carboxylic acids is 2. The van der Waals surface area contributed by atoms with Gasteiger partial charge in [-0.25, -0.2) is 12.8 Å². The summed E-state index contributed by atoms with van der Waals surface area (Å²) in [4.78, 5) is 29.0. The molecule has 7 nitrogen and oxygen atoms in total. The molecule has 0 heterocycles. The molecule has 0 aliphatic heterocycles. The van der Waals surface area contributed by atoms with Crippen molar-refractivity contribution in [3.8, 4) is 0 Å². The maximum absolute atomic E-state index is 14.0. The average molecular weight is 574 g/mol. The molecule has 39 heavy (non-hydrogen) atoms. The van der Waals surface area contributed by atoms with Gasteiger partial charge >= 0.3 is 0 Å². The molecule has 0 aliphatic rings. The molecule has 0 unspecified atom stereocenters. The Morgan fingerprint density at radius 3 is 2.08 bits per heavy atom. The van der Waals surface area contributed by atoms with E-state index in [1.54, 1.807) is 12.1 Å². The first-order valence-electron chi connectivity index (χ1n) is 12.4. The summed E-state index contributed by atoms with van der Waals surface area (Å²) in [6.45, 7) is 4.87. The van der Waals surface area contributed by atoms with Crippen LogP contribution in [0.15, 0.2) is 78.9 Å². The van der Waals surface area contributed by atoms with E-state index in [4.69, 9.17) is 11.6 Å². The number of rotatable bonds is 10. The minimum absolute atomic E-state index is 0.0473. The first-order chi connectivity index (χ1) is 18.2. The first-order valence-corrected chi connectivity index (χ1v) is 14.6. The van der Waals surface area contributed by atoms with Crippen LogP contribution in [0.3, 0.4) is 0 Å². The molecule has 3 aromatic rings. The van der Waals surface area contributed by atoms with E-state index in [9.17, 15) is 22.4 Å². The number of benzene rings is 3. The Morgan fingerprint density at radius 2 is 1.51 bits per heavy atom. The third kappa shape index (κ3) is 8.80. The summed E-state index contributed by atoms with van der Waals surface area (Å²) in [5.74, 6) is -1.45. The van der Waals surface area contributed by atoms with Crippen molar-refractivity contribution in [2.24, 2.45) is 0 Å². The van der Waals surface area contributed by atoms with Gasteiger partial charge in [-0.05, 0) is 56.2 Å². The normalized spacial score (nSPS) is 12.5. The monoisotopic (exact) mass is 573 g/mol. The Labute approximate surface area is 234 Å². The molecule has 0 saturated heterocycles. The Kier molecular flexibility index (Phi) is 9.74. The van der Waals surface area contributed by atoms with Crippen LogP contribution in [0.1, 0.15) is 31.9 Å². The lowest BCUT2D eigenvalue weighted by Crippen LogP contribution is -2.56. The van der Waals surface area contributed by atoms with Crippen molar-refractivity contribution in [1.82, 2.24) is 10.2 Å². The van der Waals surface area contributed by atoms with Gasteiger partial charge in [-0.1, -0.05) is 66.2 Å². The topological polar surface area (TPSA) is 86.8 Å². The Bertz CT molecular complexity index is 1390. The van der Waals surface area contributed by atoms with E-state index in [0.29, 0.717) is 5.56 Å². The summed E-state index contributed by atoms with van der Waals surface area (Å²) < 4.78 is 40.2. The van der Waals surface area contributed by atoms with Gasteiger partial charge in [0.05, 0.1) is 17.0 Å². The third-order valence-electron chi connectivity index (χ3n) is 5.84. The lowest BCUT2D eigenvalue weighted by atomic mass is 10.0. The standard InChI is InChI=1S/C29H33ClFN3O4S/c1-29(2,3)32-28(36)26(18-21-10-6-5-7-11-21)33(19-22-14-16-23(31)17-15-22)27(35)20-34(39(4,37)38)25-13-9-8-12-24(25)30/h5-17,26H,18-20H2,1-4H3,(H,32,36)/t26-/m1/s1. The first kappa shape index (κ1) is 30.1. The number of nitrogens with one attached hydrogen (secondary N) is 1. The van der Waals surface area contributed by atoms with E-state index < -0.39 is 45.8 Å². The predicted molar refractivity (Wildman–Crippen MR) is 152 cm³/mol. The minimum Gasteiger partial charge on any atom is -0.350 e. The van der Waals surface area contributed by atoms with Crippen molar-refractivity contribution in [3.05, 3.63) is 101 Å². The van der Waals surface area contributed by atoms with E-state index in [1.807, 2.05) is 51.1 Å². The van der Waals surface area contributed by atoms with Gasteiger partial charge in [-0.15, -0.1) is 0 Å². The Balaban J connectivity index is 2.08. The molecule has 2 amide bonds. The lowest BCUT2D eigenvalue weighted by Gasteiger charge is -2.35. The zero-order chi connectivity index (χ0) is 28.8. The second-order valence-corrected chi connectivity index (χ2v) is 12.6. The quantitative estimate of drug-likeness (QED) is 0.377.